The largest absolute Gasteiger partial charge is 0.508 e. The third-order valence-electron chi connectivity index (χ3n) is 2.37. The zero-order valence-electron chi connectivity index (χ0n) is 8.95. The highest BCUT2D eigenvalue weighted by Crippen LogP contribution is 2.18. The molecular formula is C13H11F2NO. The molecular weight excluding hydrogens is 224 g/mol. The van der Waals surface area contributed by atoms with E-state index in [2.05, 4.69) is 5.32 Å². The van der Waals surface area contributed by atoms with E-state index in [1.54, 1.807) is 24.3 Å². The minimum atomic E-state index is -0.883. The minimum absolute atomic E-state index is 0.123. The lowest BCUT2D eigenvalue weighted by molar-refractivity contribution is 0.475. The van der Waals surface area contributed by atoms with Crippen molar-refractivity contribution >= 4 is 5.69 Å². The van der Waals surface area contributed by atoms with Gasteiger partial charge in [0.15, 0.2) is 11.6 Å². The Morgan fingerprint density at radius 3 is 2.41 bits per heavy atom. The molecule has 0 atom stereocenters. The predicted octanol–water partition coefficient (Wildman–Crippen LogP) is 3.28. The van der Waals surface area contributed by atoms with Gasteiger partial charge < -0.3 is 10.4 Å². The van der Waals surface area contributed by atoms with Crippen molar-refractivity contribution in [1.82, 2.24) is 0 Å². The van der Waals surface area contributed by atoms with E-state index in [-0.39, 0.29) is 11.4 Å². The van der Waals surface area contributed by atoms with Gasteiger partial charge in [0.05, 0.1) is 5.69 Å². The van der Waals surface area contributed by atoms with Gasteiger partial charge in [-0.2, -0.15) is 0 Å². The first-order chi connectivity index (χ1) is 8.16. The number of hydrogen-bond donors (Lipinski definition) is 2. The molecule has 2 aromatic carbocycles. The minimum Gasteiger partial charge on any atom is -0.508 e. The normalized spacial score (nSPS) is 10.2. The summed E-state index contributed by atoms with van der Waals surface area (Å²) in [4.78, 5) is 0. The highest BCUT2D eigenvalue weighted by atomic mass is 19.2. The van der Waals surface area contributed by atoms with Gasteiger partial charge in [-0.05, 0) is 29.8 Å². The number of nitrogens with one attached hydrogen (secondary N) is 1. The van der Waals surface area contributed by atoms with Crippen molar-refractivity contribution in [1.29, 1.82) is 0 Å². The van der Waals surface area contributed by atoms with Gasteiger partial charge in [-0.15, -0.1) is 0 Å². The fourth-order valence-electron chi connectivity index (χ4n) is 1.45. The second-order valence-electron chi connectivity index (χ2n) is 3.62. The van der Waals surface area contributed by atoms with Crippen molar-refractivity contribution in [2.45, 2.75) is 6.54 Å². The summed E-state index contributed by atoms with van der Waals surface area (Å²) in [7, 11) is 0. The maximum atomic E-state index is 13.3. The van der Waals surface area contributed by atoms with E-state index in [0.717, 1.165) is 11.6 Å². The number of aromatic hydroxyl groups is 1. The summed E-state index contributed by atoms with van der Waals surface area (Å²) < 4.78 is 26.2. The molecule has 0 amide bonds. The van der Waals surface area contributed by atoms with Gasteiger partial charge in [-0.1, -0.05) is 18.2 Å². The Labute approximate surface area is 97.5 Å². The molecule has 2 nitrogen and oxygen atoms in total. The summed E-state index contributed by atoms with van der Waals surface area (Å²) >= 11 is 0. The van der Waals surface area contributed by atoms with Crippen LogP contribution in [0.15, 0.2) is 42.5 Å². The van der Waals surface area contributed by atoms with E-state index in [0.29, 0.717) is 6.54 Å². The Bertz CT molecular complexity index is 511. The third kappa shape index (κ3) is 2.72. The van der Waals surface area contributed by atoms with Gasteiger partial charge in [0.2, 0.25) is 0 Å². The summed E-state index contributed by atoms with van der Waals surface area (Å²) in [5.74, 6) is -1.59. The van der Waals surface area contributed by atoms with Crippen LogP contribution in [0, 0.1) is 11.6 Å². The van der Waals surface area contributed by atoms with Gasteiger partial charge in [0, 0.05) is 6.54 Å². The van der Waals surface area contributed by atoms with Crippen LogP contribution in [-0.2, 0) is 6.54 Å². The lowest BCUT2D eigenvalue weighted by Gasteiger charge is -2.08. The summed E-state index contributed by atoms with van der Waals surface area (Å²) in [5, 5.41) is 11.9. The molecule has 2 N–H and O–H groups in total. The first kappa shape index (κ1) is 11.4. The van der Waals surface area contributed by atoms with Crippen LogP contribution in [0.3, 0.4) is 0 Å². The molecule has 0 unspecified atom stereocenters. The van der Waals surface area contributed by atoms with Crippen molar-refractivity contribution in [3.05, 3.63) is 59.7 Å². The zero-order chi connectivity index (χ0) is 12.3. The quantitative estimate of drug-likeness (QED) is 0.855. The molecule has 0 aromatic heterocycles. The van der Waals surface area contributed by atoms with Gasteiger partial charge in [0.1, 0.15) is 5.75 Å². The van der Waals surface area contributed by atoms with Crippen LogP contribution in [0.5, 0.6) is 5.75 Å². The lowest BCUT2D eigenvalue weighted by Crippen LogP contribution is -2.02. The standard InChI is InChI=1S/C13H11F2NO/c14-11-2-1-3-12(13(11)15)16-8-9-4-6-10(17)7-5-9/h1-7,16-17H,8H2. The maximum Gasteiger partial charge on any atom is 0.181 e. The Morgan fingerprint density at radius 2 is 1.71 bits per heavy atom. The predicted molar refractivity (Wildman–Crippen MR) is 61.8 cm³/mol. The van der Waals surface area contributed by atoms with E-state index in [4.69, 9.17) is 5.11 Å². The molecule has 4 heteroatoms. The number of phenols is 1. The molecule has 0 spiro atoms. The van der Waals surface area contributed by atoms with Gasteiger partial charge in [-0.3, -0.25) is 0 Å². The first-order valence-electron chi connectivity index (χ1n) is 5.12. The summed E-state index contributed by atoms with van der Waals surface area (Å²) in [6, 6.07) is 10.5. The van der Waals surface area contributed by atoms with Gasteiger partial charge in [-0.25, -0.2) is 8.78 Å². The number of hydrogen-bond acceptors (Lipinski definition) is 2. The molecule has 0 aliphatic carbocycles. The van der Waals surface area contributed by atoms with E-state index >= 15 is 0 Å². The highest BCUT2D eigenvalue weighted by molar-refractivity contribution is 5.45. The number of phenolic OH excluding ortho intramolecular Hbond substituents is 1. The van der Waals surface area contributed by atoms with Gasteiger partial charge >= 0.3 is 0 Å². The molecule has 2 aromatic rings. The Balaban J connectivity index is 2.07. The van der Waals surface area contributed by atoms with Crippen LogP contribution in [0.1, 0.15) is 5.56 Å². The molecule has 0 saturated heterocycles. The van der Waals surface area contributed by atoms with Crippen molar-refractivity contribution < 1.29 is 13.9 Å². The Morgan fingerprint density at radius 1 is 1.00 bits per heavy atom. The second kappa shape index (κ2) is 4.82. The second-order valence-corrected chi connectivity index (χ2v) is 3.62. The summed E-state index contributed by atoms with van der Waals surface area (Å²) in [5.41, 5.74) is 0.990. The van der Waals surface area contributed by atoms with Crippen molar-refractivity contribution in [3.8, 4) is 5.75 Å². The molecule has 2 rings (SSSR count). The average molecular weight is 235 g/mol. The van der Waals surface area contributed by atoms with Gasteiger partial charge in [0.25, 0.3) is 0 Å². The van der Waals surface area contributed by atoms with Crippen LogP contribution < -0.4 is 5.32 Å². The van der Waals surface area contributed by atoms with Crippen LogP contribution in [0.25, 0.3) is 0 Å². The topological polar surface area (TPSA) is 32.3 Å². The van der Waals surface area contributed by atoms with Crippen molar-refractivity contribution in [3.63, 3.8) is 0 Å². The number of benzene rings is 2. The molecule has 0 saturated carbocycles. The van der Waals surface area contributed by atoms with Crippen LogP contribution in [0.2, 0.25) is 0 Å². The van der Waals surface area contributed by atoms with E-state index in [9.17, 15) is 8.78 Å². The molecule has 0 radical (unpaired) electrons. The van der Waals surface area contributed by atoms with Crippen LogP contribution >= 0.6 is 0 Å². The van der Waals surface area contributed by atoms with Crippen LogP contribution in [0.4, 0.5) is 14.5 Å². The fourth-order valence-corrected chi connectivity index (χ4v) is 1.45. The van der Waals surface area contributed by atoms with E-state index < -0.39 is 11.6 Å². The first-order valence-corrected chi connectivity index (χ1v) is 5.12. The molecule has 17 heavy (non-hydrogen) atoms. The molecule has 0 fully saturated rings. The Kier molecular flexibility index (Phi) is 3.23. The number of anilines is 1. The van der Waals surface area contributed by atoms with E-state index in [1.807, 2.05) is 0 Å². The fraction of sp³-hybridized carbons (Fsp3) is 0.0769. The molecule has 0 heterocycles. The molecule has 0 bridgehead atoms. The van der Waals surface area contributed by atoms with E-state index in [1.165, 1.54) is 12.1 Å². The Hall–Kier alpha value is -2.10. The molecule has 0 aliphatic heterocycles. The smallest absolute Gasteiger partial charge is 0.181 e. The number of halogens is 2. The summed E-state index contributed by atoms with van der Waals surface area (Å²) in [6.07, 6.45) is 0. The van der Waals surface area contributed by atoms with Crippen molar-refractivity contribution in [2.75, 3.05) is 5.32 Å². The zero-order valence-corrected chi connectivity index (χ0v) is 8.95. The maximum absolute atomic E-state index is 13.3. The monoisotopic (exact) mass is 235 g/mol. The highest BCUT2D eigenvalue weighted by Gasteiger charge is 2.06. The van der Waals surface area contributed by atoms with Crippen molar-refractivity contribution in [2.24, 2.45) is 0 Å². The molecule has 0 aliphatic rings. The molecule has 88 valence electrons. The third-order valence-corrected chi connectivity index (χ3v) is 2.37. The average Bonchev–Trinajstić information content (AvgIpc) is 2.33. The number of rotatable bonds is 3. The SMILES string of the molecule is Oc1ccc(CNc2cccc(F)c2F)cc1. The summed E-state index contributed by atoms with van der Waals surface area (Å²) in [6.45, 7) is 0.362. The van der Waals surface area contributed by atoms with Crippen LogP contribution in [-0.4, -0.2) is 5.11 Å². The lowest BCUT2D eigenvalue weighted by atomic mass is 10.2.